The first-order valence-corrected chi connectivity index (χ1v) is 7.16. The van der Waals surface area contributed by atoms with E-state index in [-0.39, 0.29) is 0 Å². The van der Waals surface area contributed by atoms with Crippen LogP contribution < -0.4 is 0 Å². The van der Waals surface area contributed by atoms with Crippen LogP contribution in [0.1, 0.15) is 13.3 Å². The van der Waals surface area contributed by atoms with Gasteiger partial charge in [-0.05, 0) is 35.6 Å². The molecular formula is C21H18O. The molecule has 0 N–H and O–H groups in total. The van der Waals surface area contributed by atoms with Crippen LogP contribution in [0.5, 0.6) is 0 Å². The van der Waals surface area contributed by atoms with E-state index < -0.39 is 0 Å². The molecule has 0 atom stereocenters. The monoisotopic (exact) mass is 286 g/mol. The number of fused-ring (bicyclic) bond motifs is 2. The van der Waals surface area contributed by atoms with E-state index in [0.717, 1.165) is 23.9 Å². The summed E-state index contributed by atoms with van der Waals surface area (Å²) in [6.45, 7) is 1.85. The molecule has 1 heteroatoms. The standard InChI is InChI=1S/C21H18O/c1-3-17(2)7-6-10-21(16-22)20-13-11-18-8-4-5-9-19(15-18)12-14-20/h1,4-14,16H,15H2,2H3/b10-6+,13-11-,14-12-,17-7-. The Hall–Kier alpha value is -2.85. The Morgan fingerprint density at radius 1 is 1.14 bits per heavy atom. The highest BCUT2D eigenvalue weighted by Crippen LogP contribution is 2.22. The lowest BCUT2D eigenvalue weighted by molar-refractivity contribution is -0.104. The predicted molar refractivity (Wildman–Crippen MR) is 93.0 cm³/mol. The lowest BCUT2D eigenvalue weighted by Gasteiger charge is -2.07. The molecule has 0 fully saturated rings. The SMILES string of the molecule is C#C/C(C)=C\C=C\C(C=O)=C1/C=C\C2=CC=CC=C(/C=C\1)C2. The third kappa shape index (κ3) is 4.33. The number of terminal acetylenes is 1. The number of carbonyl (C=O) groups excluding carboxylic acids is 1. The zero-order valence-corrected chi connectivity index (χ0v) is 12.6. The van der Waals surface area contributed by atoms with Gasteiger partial charge in [-0.1, -0.05) is 72.8 Å². The fourth-order valence-corrected chi connectivity index (χ4v) is 2.13. The highest BCUT2D eigenvalue weighted by Gasteiger charge is 2.04. The van der Waals surface area contributed by atoms with Gasteiger partial charge in [0.1, 0.15) is 0 Å². The van der Waals surface area contributed by atoms with Crippen molar-refractivity contribution in [2.75, 3.05) is 0 Å². The Balaban J connectivity index is 2.38. The maximum absolute atomic E-state index is 11.4. The second kappa shape index (κ2) is 7.81. The van der Waals surface area contributed by atoms with Gasteiger partial charge >= 0.3 is 0 Å². The second-order valence-electron chi connectivity index (χ2n) is 5.09. The van der Waals surface area contributed by atoms with E-state index >= 15 is 0 Å². The van der Waals surface area contributed by atoms with Crippen LogP contribution in [0.2, 0.25) is 0 Å². The molecule has 1 nitrogen and oxygen atoms in total. The lowest BCUT2D eigenvalue weighted by atomic mass is 9.98. The molecule has 0 radical (unpaired) electrons. The molecule has 0 saturated carbocycles. The van der Waals surface area contributed by atoms with Crippen molar-refractivity contribution < 1.29 is 4.79 Å². The van der Waals surface area contributed by atoms with Gasteiger partial charge in [0, 0.05) is 5.57 Å². The maximum atomic E-state index is 11.4. The van der Waals surface area contributed by atoms with Crippen molar-refractivity contribution in [1.29, 1.82) is 0 Å². The minimum Gasteiger partial charge on any atom is -0.298 e. The van der Waals surface area contributed by atoms with Crippen molar-refractivity contribution >= 4 is 6.29 Å². The number of rotatable bonds is 3. The summed E-state index contributed by atoms with van der Waals surface area (Å²) in [5.41, 5.74) is 4.78. The van der Waals surface area contributed by atoms with Gasteiger partial charge in [0.25, 0.3) is 0 Å². The Bertz CT molecular complexity index is 701. The molecule has 108 valence electrons. The Labute approximate surface area is 132 Å². The van der Waals surface area contributed by atoms with E-state index in [2.05, 4.69) is 30.2 Å². The maximum Gasteiger partial charge on any atom is 0.150 e. The van der Waals surface area contributed by atoms with Crippen LogP contribution in [0.4, 0.5) is 0 Å². The van der Waals surface area contributed by atoms with Crippen LogP contribution in [-0.4, -0.2) is 6.29 Å². The molecule has 0 saturated heterocycles. The first-order chi connectivity index (χ1) is 10.7. The van der Waals surface area contributed by atoms with E-state index in [9.17, 15) is 4.79 Å². The van der Waals surface area contributed by atoms with Crippen molar-refractivity contribution in [1.82, 2.24) is 0 Å². The van der Waals surface area contributed by atoms with Crippen LogP contribution in [0.15, 0.2) is 94.7 Å². The van der Waals surface area contributed by atoms with Crippen LogP contribution in [0.3, 0.4) is 0 Å². The molecule has 2 bridgehead atoms. The number of allylic oxidation sites excluding steroid dienone is 16. The molecule has 0 aromatic heterocycles. The van der Waals surface area contributed by atoms with Crippen molar-refractivity contribution in [3.05, 3.63) is 94.7 Å². The van der Waals surface area contributed by atoms with Crippen LogP contribution >= 0.6 is 0 Å². The van der Waals surface area contributed by atoms with Crippen LogP contribution in [-0.2, 0) is 4.79 Å². The largest absolute Gasteiger partial charge is 0.298 e. The molecule has 0 amide bonds. The van der Waals surface area contributed by atoms with Gasteiger partial charge in [-0.3, -0.25) is 4.79 Å². The van der Waals surface area contributed by atoms with Gasteiger partial charge in [-0.25, -0.2) is 0 Å². The van der Waals surface area contributed by atoms with Gasteiger partial charge < -0.3 is 0 Å². The molecule has 22 heavy (non-hydrogen) atoms. The average molecular weight is 286 g/mol. The van der Waals surface area contributed by atoms with Crippen molar-refractivity contribution in [2.24, 2.45) is 0 Å². The van der Waals surface area contributed by atoms with Crippen molar-refractivity contribution in [2.45, 2.75) is 13.3 Å². The average Bonchev–Trinajstić information content (AvgIpc) is 2.77. The smallest absolute Gasteiger partial charge is 0.150 e. The predicted octanol–water partition coefficient (Wildman–Crippen LogP) is 4.56. The van der Waals surface area contributed by atoms with E-state index in [4.69, 9.17) is 6.42 Å². The molecule has 0 aliphatic heterocycles. The highest BCUT2D eigenvalue weighted by atomic mass is 16.1. The number of hydrogen-bond donors (Lipinski definition) is 0. The molecule has 2 aliphatic rings. The summed E-state index contributed by atoms with van der Waals surface area (Å²) in [6, 6.07) is 0. The molecular weight excluding hydrogens is 268 g/mol. The fraction of sp³-hybridized carbons (Fsp3) is 0.0952. The summed E-state index contributed by atoms with van der Waals surface area (Å²) < 4.78 is 0. The highest BCUT2D eigenvalue weighted by molar-refractivity contribution is 5.81. The normalized spacial score (nSPS) is 20.2. The van der Waals surface area contributed by atoms with Gasteiger partial charge in [0.15, 0.2) is 6.29 Å². The van der Waals surface area contributed by atoms with E-state index in [1.165, 1.54) is 11.1 Å². The lowest BCUT2D eigenvalue weighted by Crippen LogP contribution is -1.91. The van der Waals surface area contributed by atoms with Gasteiger partial charge in [-0.15, -0.1) is 6.42 Å². The van der Waals surface area contributed by atoms with Crippen LogP contribution in [0.25, 0.3) is 0 Å². The molecule has 0 aromatic carbocycles. The number of aldehydes is 1. The summed E-state index contributed by atoms with van der Waals surface area (Å²) in [5.74, 6) is 2.54. The Kier molecular flexibility index (Phi) is 5.51. The summed E-state index contributed by atoms with van der Waals surface area (Å²) >= 11 is 0. The first-order valence-electron chi connectivity index (χ1n) is 7.16. The summed E-state index contributed by atoms with van der Waals surface area (Å²) in [4.78, 5) is 11.4. The zero-order chi connectivity index (χ0) is 15.8. The molecule has 0 aromatic rings. The number of carbonyl (C=O) groups is 1. The van der Waals surface area contributed by atoms with Gasteiger partial charge in [0.2, 0.25) is 0 Å². The van der Waals surface area contributed by atoms with Crippen LogP contribution in [0, 0.1) is 12.3 Å². The third-order valence-electron chi connectivity index (χ3n) is 3.40. The van der Waals surface area contributed by atoms with E-state index in [0.29, 0.717) is 5.57 Å². The molecule has 0 spiro atoms. The topological polar surface area (TPSA) is 17.1 Å². The van der Waals surface area contributed by atoms with Gasteiger partial charge in [0.05, 0.1) is 0 Å². The third-order valence-corrected chi connectivity index (χ3v) is 3.40. The van der Waals surface area contributed by atoms with Gasteiger partial charge in [-0.2, -0.15) is 0 Å². The Morgan fingerprint density at radius 3 is 2.32 bits per heavy atom. The quantitative estimate of drug-likeness (QED) is 0.322. The zero-order valence-electron chi connectivity index (χ0n) is 12.6. The fourth-order valence-electron chi connectivity index (χ4n) is 2.13. The van der Waals surface area contributed by atoms with E-state index in [1.54, 1.807) is 12.2 Å². The molecule has 2 rings (SSSR count). The van der Waals surface area contributed by atoms with E-state index in [1.807, 2.05) is 37.3 Å². The number of hydrogen-bond acceptors (Lipinski definition) is 1. The summed E-state index contributed by atoms with van der Waals surface area (Å²) in [5, 5.41) is 0. The minimum atomic E-state index is 0.626. The summed E-state index contributed by atoms with van der Waals surface area (Å²) in [6.07, 6.45) is 28.8. The second-order valence-corrected chi connectivity index (χ2v) is 5.09. The van der Waals surface area contributed by atoms with Crippen molar-refractivity contribution in [3.63, 3.8) is 0 Å². The summed E-state index contributed by atoms with van der Waals surface area (Å²) in [7, 11) is 0. The molecule has 0 heterocycles. The minimum absolute atomic E-state index is 0.626. The van der Waals surface area contributed by atoms with Crippen molar-refractivity contribution in [3.8, 4) is 12.3 Å². The molecule has 0 unspecified atom stereocenters. The molecule has 2 aliphatic carbocycles. The Morgan fingerprint density at radius 2 is 1.77 bits per heavy atom. The first kappa shape index (κ1) is 15.5.